The molecule has 6 rings (SSSR count). The smallest absolute Gasteiger partial charge is 0.247 e. The van der Waals surface area contributed by atoms with E-state index in [1.165, 1.54) is 38.5 Å². The van der Waals surface area contributed by atoms with Gasteiger partial charge in [0.1, 0.15) is 18.0 Å². The van der Waals surface area contributed by atoms with E-state index in [-0.39, 0.29) is 36.8 Å². The number of ether oxygens (including phenoxy) is 1. The summed E-state index contributed by atoms with van der Waals surface area (Å²) in [5.41, 5.74) is 0.605. The van der Waals surface area contributed by atoms with Gasteiger partial charge in [-0.05, 0) is 109 Å². The van der Waals surface area contributed by atoms with E-state index in [2.05, 4.69) is 27.9 Å². The third-order valence-corrected chi connectivity index (χ3v) is 10.1. The molecule has 0 aromatic heterocycles. The normalized spacial score (nSPS) is 33.5. The summed E-state index contributed by atoms with van der Waals surface area (Å²) in [5, 5.41) is 23.7. The highest BCUT2D eigenvalue weighted by Crippen LogP contribution is 2.60. The zero-order valence-corrected chi connectivity index (χ0v) is 24.4. The molecule has 38 heavy (non-hydrogen) atoms. The molecule has 1 aromatic carbocycles. The monoisotopic (exact) mass is 636 g/mol. The third-order valence-electron chi connectivity index (χ3n) is 9.17. The molecule has 7 nitrogen and oxygen atoms in total. The average molecular weight is 637 g/mol. The number of benzene rings is 1. The summed E-state index contributed by atoms with van der Waals surface area (Å²) in [7, 11) is 0. The van der Waals surface area contributed by atoms with Crippen molar-refractivity contribution in [1.82, 2.24) is 10.2 Å². The zero-order chi connectivity index (χ0) is 26.9. The van der Waals surface area contributed by atoms with Crippen LogP contribution in [0, 0.1) is 26.7 Å². The van der Waals surface area contributed by atoms with Crippen LogP contribution in [0.25, 0.3) is 0 Å². The predicted molar refractivity (Wildman–Crippen MR) is 153 cm³/mol. The second-order valence-electron chi connectivity index (χ2n) is 12.1. The van der Waals surface area contributed by atoms with Gasteiger partial charge in [-0.2, -0.15) is 0 Å². The SMILES string of the molecule is CCCC(=O)N(CC12CC3CC(CC(C3)C1)C2)C1CC(C(=O)NCCO)=CC(Oc2ccccc2I)C1O. The Labute approximate surface area is 239 Å². The molecule has 4 saturated carbocycles. The van der Waals surface area contributed by atoms with Gasteiger partial charge >= 0.3 is 0 Å². The molecule has 3 unspecified atom stereocenters. The van der Waals surface area contributed by atoms with E-state index in [9.17, 15) is 19.8 Å². The highest BCUT2D eigenvalue weighted by atomic mass is 127. The minimum Gasteiger partial charge on any atom is -0.482 e. The van der Waals surface area contributed by atoms with Crippen LogP contribution in [0.3, 0.4) is 0 Å². The highest BCUT2D eigenvalue weighted by molar-refractivity contribution is 14.1. The molecule has 0 heterocycles. The van der Waals surface area contributed by atoms with Gasteiger partial charge in [0.05, 0.1) is 16.2 Å². The van der Waals surface area contributed by atoms with Crippen molar-refractivity contribution < 1.29 is 24.5 Å². The van der Waals surface area contributed by atoms with Gasteiger partial charge in [0, 0.05) is 31.5 Å². The standard InChI is InChI=1S/C30H41IN2O5/c1-2-5-27(35)33(18-30-15-19-10-20(16-30)12-21(11-19)17-30)24-13-22(29(37)32-8-9-34)14-26(28(24)36)38-25-7-4-3-6-23(25)31/h3-4,6-7,14,19-21,24,26,28,34,36H,2,5,8-13,15-18H2,1H3,(H,32,37). The largest absolute Gasteiger partial charge is 0.482 e. The zero-order valence-electron chi connectivity index (χ0n) is 22.3. The van der Waals surface area contributed by atoms with E-state index < -0.39 is 18.2 Å². The van der Waals surface area contributed by atoms with E-state index in [4.69, 9.17) is 4.74 Å². The Bertz CT molecular complexity index is 1020. The Balaban J connectivity index is 1.45. The van der Waals surface area contributed by atoms with Crippen LogP contribution >= 0.6 is 22.6 Å². The number of amides is 2. The first-order valence-electron chi connectivity index (χ1n) is 14.3. The molecule has 3 atom stereocenters. The van der Waals surface area contributed by atoms with E-state index in [0.29, 0.717) is 24.3 Å². The van der Waals surface area contributed by atoms with E-state index in [0.717, 1.165) is 27.7 Å². The molecule has 5 aliphatic carbocycles. The lowest BCUT2D eigenvalue weighted by atomic mass is 9.49. The fraction of sp³-hybridized carbons (Fsp3) is 0.667. The number of hydrogen-bond acceptors (Lipinski definition) is 5. The van der Waals surface area contributed by atoms with E-state index in [1.54, 1.807) is 6.08 Å². The van der Waals surface area contributed by atoms with Crippen molar-refractivity contribution in [2.24, 2.45) is 23.2 Å². The molecule has 3 N–H and O–H groups in total. The van der Waals surface area contributed by atoms with Crippen molar-refractivity contribution in [2.45, 2.75) is 83.0 Å². The Morgan fingerprint density at radius 3 is 2.39 bits per heavy atom. The van der Waals surface area contributed by atoms with Crippen molar-refractivity contribution in [3.8, 4) is 5.75 Å². The summed E-state index contributed by atoms with van der Waals surface area (Å²) < 4.78 is 7.20. The number of carbonyl (C=O) groups excluding carboxylic acids is 2. The van der Waals surface area contributed by atoms with Crippen molar-refractivity contribution >= 4 is 34.4 Å². The van der Waals surface area contributed by atoms with E-state index >= 15 is 0 Å². The van der Waals surface area contributed by atoms with Crippen LogP contribution in [0.4, 0.5) is 0 Å². The van der Waals surface area contributed by atoms with E-state index in [1.807, 2.05) is 36.1 Å². The molecular weight excluding hydrogens is 595 g/mol. The number of rotatable bonds is 10. The maximum Gasteiger partial charge on any atom is 0.247 e. The Morgan fingerprint density at radius 2 is 1.79 bits per heavy atom. The fourth-order valence-electron chi connectivity index (χ4n) is 8.06. The Kier molecular flexibility index (Phi) is 8.69. The molecule has 2 amide bonds. The van der Waals surface area contributed by atoms with Crippen molar-refractivity contribution in [2.75, 3.05) is 19.7 Å². The predicted octanol–water partition coefficient (Wildman–Crippen LogP) is 4.05. The Morgan fingerprint density at radius 1 is 1.13 bits per heavy atom. The molecule has 0 radical (unpaired) electrons. The average Bonchev–Trinajstić information content (AvgIpc) is 2.88. The van der Waals surface area contributed by atoms with Gasteiger partial charge in [-0.1, -0.05) is 19.1 Å². The maximum absolute atomic E-state index is 13.7. The number of aliphatic hydroxyl groups is 2. The summed E-state index contributed by atoms with van der Waals surface area (Å²) in [6.45, 7) is 2.66. The summed E-state index contributed by atoms with van der Waals surface area (Å²) in [4.78, 5) is 28.7. The van der Waals surface area contributed by atoms with Crippen molar-refractivity contribution in [3.05, 3.63) is 39.5 Å². The summed E-state index contributed by atoms with van der Waals surface area (Å²) in [5.74, 6) is 2.68. The summed E-state index contributed by atoms with van der Waals surface area (Å²) >= 11 is 2.20. The van der Waals surface area contributed by atoms with Gasteiger partial charge in [0.2, 0.25) is 11.8 Å². The molecule has 4 fully saturated rings. The minimum absolute atomic E-state index is 0.0531. The van der Waals surface area contributed by atoms with Gasteiger partial charge in [-0.3, -0.25) is 9.59 Å². The number of para-hydroxylation sites is 1. The summed E-state index contributed by atoms with van der Waals surface area (Å²) in [6.07, 6.45) is 8.89. The van der Waals surface area contributed by atoms with Crippen molar-refractivity contribution in [3.63, 3.8) is 0 Å². The molecule has 4 bridgehead atoms. The fourth-order valence-corrected chi connectivity index (χ4v) is 8.57. The molecule has 1 aromatic rings. The van der Waals surface area contributed by atoms with Crippen LogP contribution in [0.2, 0.25) is 0 Å². The van der Waals surface area contributed by atoms with Gasteiger partial charge in [-0.25, -0.2) is 0 Å². The van der Waals surface area contributed by atoms with Crippen LogP contribution in [0.5, 0.6) is 5.75 Å². The highest BCUT2D eigenvalue weighted by Gasteiger charge is 2.53. The molecule has 5 aliphatic rings. The van der Waals surface area contributed by atoms with Gasteiger partial charge in [0.15, 0.2) is 0 Å². The number of hydrogen-bond donors (Lipinski definition) is 3. The molecule has 0 aliphatic heterocycles. The van der Waals surface area contributed by atoms with Crippen LogP contribution < -0.4 is 10.1 Å². The number of aliphatic hydroxyl groups excluding tert-OH is 2. The number of halogens is 1. The van der Waals surface area contributed by atoms with Crippen LogP contribution in [-0.2, 0) is 9.59 Å². The molecule has 0 saturated heterocycles. The first-order chi connectivity index (χ1) is 18.3. The van der Waals surface area contributed by atoms with Gasteiger partial charge in [-0.15, -0.1) is 0 Å². The maximum atomic E-state index is 13.7. The molecule has 0 spiro atoms. The van der Waals surface area contributed by atoms with Crippen molar-refractivity contribution in [1.29, 1.82) is 0 Å². The minimum atomic E-state index is -0.963. The van der Waals surface area contributed by atoms with Crippen LogP contribution in [0.1, 0.15) is 64.7 Å². The first-order valence-corrected chi connectivity index (χ1v) is 15.4. The van der Waals surface area contributed by atoms with Gasteiger partial charge in [0.25, 0.3) is 0 Å². The lowest BCUT2D eigenvalue weighted by Crippen LogP contribution is -2.59. The first kappa shape index (κ1) is 27.9. The molecular formula is C30H41IN2O5. The number of carbonyl (C=O) groups is 2. The molecule has 8 heteroatoms. The quantitative estimate of drug-likeness (QED) is 0.337. The van der Waals surface area contributed by atoms with Crippen LogP contribution in [-0.4, -0.2) is 64.9 Å². The number of nitrogens with one attached hydrogen (secondary N) is 1. The second kappa shape index (κ2) is 11.8. The third kappa shape index (κ3) is 5.92. The van der Waals surface area contributed by atoms with Crippen LogP contribution in [0.15, 0.2) is 35.9 Å². The molecule has 208 valence electrons. The Hall–Kier alpha value is -1.65. The number of nitrogens with zero attached hydrogens (tertiary/aromatic N) is 1. The second-order valence-corrected chi connectivity index (χ2v) is 13.3. The van der Waals surface area contributed by atoms with Gasteiger partial charge < -0.3 is 25.2 Å². The lowest BCUT2D eigenvalue weighted by molar-refractivity contribution is -0.147. The summed E-state index contributed by atoms with van der Waals surface area (Å²) in [6, 6.07) is 7.05. The lowest BCUT2D eigenvalue weighted by Gasteiger charge is -2.58. The topological polar surface area (TPSA) is 99.1 Å².